The Balaban J connectivity index is 1.82. The highest BCUT2D eigenvalue weighted by atomic mass is 32.2. The third-order valence-electron chi connectivity index (χ3n) is 5.10. The number of urea groups is 1. The van der Waals surface area contributed by atoms with Crippen molar-refractivity contribution in [1.29, 1.82) is 5.26 Å². The van der Waals surface area contributed by atoms with E-state index in [0.717, 1.165) is 30.2 Å². The van der Waals surface area contributed by atoms with Crippen LogP contribution in [0.15, 0.2) is 34.9 Å². The number of benzene rings is 1. The molecule has 0 spiro atoms. The summed E-state index contributed by atoms with van der Waals surface area (Å²) in [5.41, 5.74) is 8.46. The molecule has 2 unspecified atom stereocenters. The van der Waals surface area contributed by atoms with Gasteiger partial charge in [-0.3, -0.25) is 10.1 Å². The van der Waals surface area contributed by atoms with E-state index in [0.29, 0.717) is 29.6 Å². The molecule has 1 aromatic carbocycles. The number of amides is 3. The summed E-state index contributed by atoms with van der Waals surface area (Å²) >= 11 is 1.16. The predicted molar refractivity (Wildman–Crippen MR) is 106 cm³/mol. The Morgan fingerprint density at radius 1 is 1.26 bits per heavy atom. The molecule has 2 heterocycles. The van der Waals surface area contributed by atoms with Crippen LogP contribution in [0.4, 0.5) is 4.79 Å². The van der Waals surface area contributed by atoms with Gasteiger partial charge in [-0.15, -0.1) is 0 Å². The summed E-state index contributed by atoms with van der Waals surface area (Å²) in [5.74, 6) is -0.458. The lowest BCUT2D eigenvalue weighted by Gasteiger charge is -2.22. The average Bonchev–Trinajstić information content (AvgIpc) is 3.29. The standard InChI is InChI=1S/C20H24N4O2S/c1-12(2)13-5-7-14(8-6-13)16-15(11-21)18(22)27-17(16)19(25)23-20(26)24-9-3-4-10-24/h5-8,12,16-17H,3-4,9-10,22H2,1-2H3,(H,23,25,26). The van der Waals surface area contributed by atoms with E-state index < -0.39 is 17.1 Å². The monoisotopic (exact) mass is 384 g/mol. The molecule has 3 amide bonds. The number of carbonyl (C=O) groups is 2. The number of thioether (sulfide) groups is 1. The summed E-state index contributed by atoms with van der Waals surface area (Å²) in [6.07, 6.45) is 1.91. The zero-order chi connectivity index (χ0) is 19.6. The summed E-state index contributed by atoms with van der Waals surface area (Å²) in [5, 5.41) is 11.8. The topological polar surface area (TPSA) is 99.2 Å². The van der Waals surface area contributed by atoms with Crippen molar-refractivity contribution in [1.82, 2.24) is 10.2 Å². The minimum atomic E-state index is -0.629. The fourth-order valence-electron chi connectivity index (χ4n) is 3.51. The number of allylic oxidation sites excluding steroid dienone is 1. The summed E-state index contributed by atoms with van der Waals surface area (Å²) in [6, 6.07) is 9.70. The smallest absolute Gasteiger partial charge is 0.324 e. The average molecular weight is 385 g/mol. The highest BCUT2D eigenvalue weighted by molar-refractivity contribution is 8.04. The minimum Gasteiger partial charge on any atom is -0.393 e. The molecule has 1 aromatic rings. The zero-order valence-corrected chi connectivity index (χ0v) is 16.4. The first-order chi connectivity index (χ1) is 12.9. The minimum absolute atomic E-state index is 0.351. The lowest BCUT2D eigenvalue weighted by atomic mass is 9.87. The third kappa shape index (κ3) is 3.96. The summed E-state index contributed by atoms with van der Waals surface area (Å²) in [7, 11) is 0. The van der Waals surface area contributed by atoms with Crippen LogP contribution in [-0.2, 0) is 4.79 Å². The van der Waals surface area contributed by atoms with Crippen molar-refractivity contribution in [3.8, 4) is 6.07 Å². The molecule has 2 aliphatic rings. The van der Waals surface area contributed by atoms with Gasteiger partial charge in [0.1, 0.15) is 5.25 Å². The molecule has 3 N–H and O–H groups in total. The SMILES string of the molecule is CC(C)c1ccc(C2C(C#N)=C(N)SC2C(=O)NC(=O)N2CCCC2)cc1. The van der Waals surface area contributed by atoms with E-state index >= 15 is 0 Å². The lowest BCUT2D eigenvalue weighted by Crippen LogP contribution is -2.45. The molecule has 7 heteroatoms. The van der Waals surface area contributed by atoms with Gasteiger partial charge in [0.05, 0.1) is 16.7 Å². The van der Waals surface area contributed by atoms with Crippen molar-refractivity contribution in [3.63, 3.8) is 0 Å². The van der Waals surface area contributed by atoms with Crippen molar-refractivity contribution in [2.45, 2.75) is 43.8 Å². The molecule has 0 saturated carbocycles. The highest BCUT2D eigenvalue weighted by Crippen LogP contribution is 2.45. The molecule has 0 aliphatic carbocycles. The van der Waals surface area contributed by atoms with E-state index in [1.54, 1.807) is 4.90 Å². The number of rotatable bonds is 3. The van der Waals surface area contributed by atoms with Gasteiger partial charge in [-0.1, -0.05) is 49.9 Å². The third-order valence-corrected chi connectivity index (χ3v) is 6.31. The Labute approximate surface area is 163 Å². The number of imide groups is 1. The molecule has 2 atom stereocenters. The number of hydrogen-bond donors (Lipinski definition) is 2. The second kappa shape index (κ2) is 8.05. The molecule has 1 saturated heterocycles. The maximum absolute atomic E-state index is 12.8. The Morgan fingerprint density at radius 2 is 1.89 bits per heavy atom. The fourth-order valence-corrected chi connectivity index (χ4v) is 4.68. The number of hydrogen-bond acceptors (Lipinski definition) is 5. The molecule has 0 radical (unpaired) electrons. The van der Waals surface area contributed by atoms with Crippen molar-refractivity contribution in [3.05, 3.63) is 46.0 Å². The molecule has 2 aliphatic heterocycles. The van der Waals surface area contributed by atoms with Crippen LogP contribution < -0.4 is 11.1 Å². The molecule has 0 aromatic heterocycles. The summed E-state index contributed by atoms with van der Waals surface area (Å²) in [4.78, 5) is 26.7. The van der Waals surface area contributed by atoms with Crippen LogP contribution in [0, 0.1) is 11.3 Å². The Hall–Kier alpha value is -2.46. The van der Waals surface area contributed by atoms with Gasteiger partial charge in [0.25, 0.3) is 0 Å². The number of nitrogens with one attached hydrogen (secondary N) is 1. The summed E-state index contributed by atoms with van der Waals surface area (Å²) < 4.78 is 0. The van der Waals surface area contributed by atoms with Crippen LogP contribution in [0.1, 0.15) is 49.7 Å². The van der Waals surface area contributed by atoms with Gasteiger partial charge in [-0.25, -0.2) is 4.79 Å². The Kier molecular flexibility index (Phi) is 5.76. The van der Waals surface area contributed by atoms with Crippen molar-refractivity contribution in [2.24, 2.45) is 5.73 Å². The van der Waals surface area contributed by atoms with E-state index in [2.05, 4.69) is 25.2 Å². The Bertz CT molecular complexity index is 804. The maximum atomic E-state index is 12.8. The van der Waals surface area contributed by atoms with Crippen molar-refractivity contribution >= 4 is 23.7 Å². The van der Waals surface area contributed by atoms with E-state index in [1.807, 2.05) is 24.3 Å². The van der Waals surface area contributed by atoms with Gasteiger partial charge in [0.15, 0.2) is 0 Å². The van der Waals surface area contributed by atoms with Crippen LogP contribution in [-0.4, -0.2) is 35.2 Å². The molecule has 142 valence electrons. The first-order valence-corrected chi connectivity index (χ1v) is 10.1. The number of nitrogens with two attached hydrogens (primary N) is 1. The molecule has 0 bridgehead atoms. The number of nitriles is 1. The van der Waals surface area contributed by atoms with Crippen LogP contribution in [0.5, 0.6) is 0 Å². The van der Waals surface area contributed by atoms with Gasteiger partial charge in [-0.2, -0.15) is 5.26 Å². The largest absolute Gasteiger partial charge is 0.393 e. The van der Waals surface area contributed by atoms with Gasteiger partial charge in [0, 0.05) is 19.0 Å². The molecule has 1 fully saturated rings. The van der Waals surface area contributed by atoms with E-state index in [4.69, 9.17) is 5.73 Å². The van der Waals surface area contributed by atoms with Crippen molar-refractivity contribution < 1.29 is 9.59 Å². The molecular weight excluding hydrogens is 360 g/mol. The number of likely N-dealkylation sites (tertiary alicyclic amines) is 1. The van der Waals surface area contributed by atoms with Gasteiger partial charge in [0.2, 0.25) is 5.91 Å². The van der Waals surface area contributed by atoms with Crippen LogP contribution in [0.25, 0.3) is 0 Å². The summed E-state index contributed by atoms with van der Waals surface area (Å²) in [6.45, 7) is 5.56. The highest BCUT2D eigenvalue weighted by Gasteiger charge is 2.41. The zero-order valence-electron chi connectivity index (χ0n) is 15.6. The second-order valence-electron chi connectivity index (χ2n) is 7.22. The van der Waals surface area contributed by atoms with E-state index in [9.17, 15) is 14.9 Å². The van der Waals surface area contributed by atoms with E-state index in [-0.39, 0.29) is 6.03 Å². The number of nitrogens with zero attached hydrogens (tertiary/aromatic N) is 2. The van der Waals surface area contributed by atoms with Gasteiger partial charge < -0.3 is 10.6 Å². The molecule has 6 nitrogen and oxygen atoms in total. The molecule has 3 rings (SSSR count). The van der Waals surface area contributed by atoms with E-state index in [1.165, 1.54) is 5.56 Å². The molecule has 27 heavy (non-hydrogen) atoms. The lowest BCUT2D eigenvalue weighted by molar-refractivity contribution is -0.119. The predicted octanol–water partition coefficient (Wildman–Crippen LogP) is 3.03. The quantitative estimate of drug-likeness (QED) is 0.834. The maximum Gasteiger partial charge on any atom is 0.324 e. The number of carbonyl (C=O) groups excluding carboxylic acids is 2. The first kappa shape index (κ1) is 19.3. The first-order valence-electron chi connectivity index (χ1n) is 9.18. The normalized spacial score (nSPS) is 22.2. The van der Waals surface area contributed by atoms with Crippen LogP contribution in [0.2, 0.25) is 0 Å². The van der Waals surface area contributed by atoms with Crippen LogP contribution >= 0.6 is 11.8 Å². The Morgan fingerprint density at radius 3 is 2.44 bits per heavy atom. The second-order valence-corrected chi connectivity index (χ2v) is 8.40. The fraction of sp³-hybridized carbons (Fsp3) is 0.450. The van der Waals surface area contributed by atoms with Gasteiger partial charge in [-0.05, 0) is 29.9 Å². The van der Waals surface area contributed by atoms with Gasteiger partial charge >= 0.3 is 6.03 Å². The van der Waals surface area contributed by atoms with Crippen LogP contribution in [0.3, 0.4) is 0 Å². The van der Waals surface area contributed by atoms with Crippen molar-refractivity contribution in [2.75, 3.05) is 13.1 Å². The molecular formula is C20H24N4O2S.